The van der Waals surface area contributed by atoms with E-state index in [9.17, 15) is 23.5 Å². The minimum atomic E-state index is -1.48. The second kappa shape index (κ2) is 7.97. The van der Waals surface area contributed by atoms with E-state index in [1.807, 2.05) is 0 Å². The van der Waals surface area contributed by atoms with Gasteiger partial charge in [-0.05, 0) is 44.2 Å². The average Bonchev–Trinajstić information content (AvgIpc) is 2.65. The van der Waals surface area contributed by atoms with E-state index >= 15 is 0 Å². The van der Waals surface area contributed by atoms with Crippen molar-refractivity contribution in [2.45, 2.75) is 20.4 Å². The van der Waals surface area contributed by atoms with Gasteiger partial charge < -0.3 is 9.67 Å². The lowest BCUT2D eigenvalue weighted by atomic mass is 9.96. The van der Waals surface area contributed by atoms with Crippen molar-refractivity contribution in [1.82, 2.24) is 4.57 Å². The highest BCUT2D eigenvalue weighted by molar-refractivity contribution is 6.36. The normalized spacial score (nSPS) is 11.0. The first-order chi connectivity index (χ1) is 13.7. The molecule has 1 heterocycles. The lowest BCUT2D eigenvalue weighted by molar-refractivity contribution is 0.0695. The van der Waals surface area contributed by atoms with Crippen LogP contribution in [0.15, 0.2) is 41.2 Å². The number of aromatic carboxylic acids is 1. The summed E-state index contributed by atoms with van der Waals surface area (Å²) in [6, 6.07) is 7.54. The van der Waals surface area contributed by atoms with Gasteiger partial charge in [0.15, 0.2) is 11.6 Å². The SMILES string of the molecule is CCn1c(C)c(-c2ccc(Cl)cc2Cl)c(=O)c(C(=O)O)c1-c1ccc(F)c(F)c1. The molecule has 0 aliphatic rings. The largest absolute Gasteiger partial charge is 0.477 e. The van der Waals surface area contributed by atoms with Crippen molar-refractivity contribution >= 4 is 29.2 Å². The molecule has 8 heteroatoms. The van der Waals surface area contributed by atoms with Crippen LogP contribution in [0.1, 0.15) is 23.0 Å². The summed E-state index contributed by atoms with van der Waals surface area (Å²) in [7, 11) is 0. The first-order valence-corrected chi connectivity index (χ1v) is 9.34. The third-order valence-electron chi connectivity index (χ3n) is 4.65. The minimum Gasteiger partial charge on any atom is -0.477 e. The van der Waals surface area contributed by atoms with Crippen molar-refractivity contribution < 1.29 is 18.7 Å². The van der Waals surface area contributed by atoms with Crippen LogP contribution < -0.4 is 5.43 Å². The molecular weight excluding hydrogens is 423 g/mol. The Hall–Kier alpha value is -2.70. The van der Waals surface area contributed by atoms with Gasteiger partial charge >= 0.3 is 5.97 Å². The molecule has 0 saturated heterocycles. The lowest BCUT2D eigenvalue weighted by Gasteiger charge is -2.21. The zero-order valence-corrected chi connectivity index (χ0v) is 16.9. The van der Waals surface area contributed by atoms with Crippen molar-refractivity contribution in [3.05, 3.63) is 79.6 Å². The Bertz CT molecular complexity index is 1210. The van der Waals surface area contributed by atoms with Crippen molar-refractivity contribution in [2.24, 2.45) is 0 Å². The van der Waals surface area contributed by atoms with Gasteiger partial charge in [-0.15, -0.1) is 0 Å². The van der Waals surface area contributed by atoms with Crippen LogP contribution in [0, 0.1) is 18.6 Å². The molecule has 150 valence electrons. The summed E-state index contributed by atoms with van der Waals surface area (Å²) in [5.41, 5.74) is -0.371. The fourth-order valence-electron chi connectivity index (χ4n) is 3.38. The van der Waals surface area contributed by atoms with Gasteiger partial charge in [-0.1, -0.05) is 29.3 Å². The highest BCUT2D eigenvalue weighted by atomic mass is 35.5. The van der Waals surface area contributed by atoms with Gasteiger partial charge in [-0.3, -0.25) is 4.79 Å². The molecule has 4 nitrogen and oxygen atoms in total. The lowest BCUT2D eigenvalue weighted by Crippen LogP contribution is -2.25. The monoisotopic (exact) mass is 437 g/mol. The molecule has 0 unspecified atom stereocenters. The van der Waals surface area contributed by atoms with Crippen LogP contribution in [0.5, 0.6) is 0 Å². The van der Waals surface area contributed by atoms with E-state index in [0.717, 1.165) is 12.1 Å². The number of nitrogens with zero attached hydrogens (tertiary/aromatic N) is 1. The van der Waals surface area contributed by atoms with Crippen molar-refractivity contribution in [3.63, 3.8) is 0 Å². The maximum atomic E-state index is 13.8. The second-order valence-electron chi connectivity index (χ2n) is 6.32. The van der Waals surface area contributed by atoms with Crippen LogP contribution in [0.4, 0.5) is 8.78 Å². The van der Waals surface area contributed by atoms with Crippen molar-refractivity contribution in [1.29, 1.82) is 0 Å². The van der Waals surface area contributed by atoms with Crippen LogP contribution in [0.3, 0.4) is 0 Å². The summed E-state index contributed by atoms with van der Waals surface area (Å²) < 4.78 is 28.8. The van der Waals surface area contributed by atoms with Gasteiger partial charge in [0.25, 0.3) is 0 Å². The summed E-state index contributed by atoms with van der Waals surface area (Å²) in [6.07, 6.45) is 0. The summed E-state index contributed by atoms with van der Waals surface area (Å²) in [6.45, 7) is 3.67. The van der Waals surface area contributed by atoms with Gasteiger partial charge in [-0.25, -0.2) is 13.6 Å². The van der Waals surface area contributed by atoms with Crippen LogP contribution in [-0.2, 0) is 6.54 Å². The van der Waals surface area contributed by atoms with Crippen LogP contribution in [-0.4, -0.2) is 15.6 Å². The maximum Gasteiger partial charge on any atom is 0.341 e. The van der Waals surface area contributed by atoms with Crippen molar-refractivity contribution in [2.75, 3.05) is 0 Å². The second-order valence-corrected chi connectivity index (χ2v) is 7.16. The Labute approximate surface area is 174 Å². The maximum absolute atomic E-state index is 13.8. The molecule has 0 spiro atoms. The van der Waals surface area contributed by atoms with Gasteiger partial charge in [-0.2, -0.15) is 0 Å². The van der Waals surface area contributed by atoms with Gasteiger partial charge in [0, 0.05) is 28.4 Å². The molecule has 0 fully saturated rings. The van der Waals surface area contributed by atoms with Crippen LogP contribution in [0.25, 0.3) is 22.4 Å². The number of halogens is 4. The molecular formula is C21H15Cl2F2NO3. The molecule has 0 amide bonds. The Kier molecular flexibility index (Phi) is 5.78. The number of carbonyl (C=O) groups is 1. The standard InChI is InChI=1S/C21H15Cl2F2NO3/c1-3-26-10(2)17(13-6-5-12(22)9-14(13)23)20(27)18(21(28)29)19(26)11-4-7-15(24)16(25)8-11/h4-9H,3H2,1-2H3,(H,28,29). The van der Waals surface area contributed by atoms with Crippen molar-refractivity contribution in [3.8, 4) is 22.4 Å². The zero-order chi connectivity index (χ0) is 21.5. The summed E-state index contributed by atoms with van der Waals surface area (Å²) in [4.78, 5) is 25.3. The quantitative estimate of drug-likeness (QED) is 0.561. The molecule has 0 bridgehead atoms. The molecule has 2 aromatic carbocycles. The molecule has 3 aromatic rings. The van der Waals surface area contributed by atoms with E-state index < -0.39 is 28.6 Å². The third kappa shape index (κ3) is 3.66. The van der Waals surface area contributed by atoms with Gasteiger partial charge in [0.1, 0.15) is 5.56 Å². The van der Waals surface area contributed by atoms with E-state index in [4.69, 9.17) is 23.2 Å². The molecule has 3 rings (SSSR count). The first-order valence-electron chi connectivity index (χ1n) is 8.58. The Morgan fingerprint density at radius 3 is 2.34 bits per heavy atom. The predicted molar refractivity (Wildman–Crippen MR) is 109 cm³/mol. The minimum absolute atomic E-state index is 0.00441. The molecule has 0 atom stereocenters. The first kappa shape index (κ1) is 21.0. The smallest absolute Gasteiger partial charge is 0.341 e. The number of carboxylic acids is 1. The number of carboxylic acid groups (broad SMARTS) is 1. The fraction of sp³-hybridized carbons (Fsp3) is 0.143. The Balaban J connectivity index is 2.47. The highest BCUT2D eigenvalue weighted by Crippen LogP contribution is 2.34. The topological polar surface area (TPSA) is 59.3 Å². The van der Waals surface area contributed by atoms with E-state index in [1.54, 1.807) is 24.5 Å². The molecule has 0 aliphatic carbocycles. The number of rotatable bonds is 4. The Morgan fingerprint density at radius 2 is 1.79 bits per heavy atom. The van der Waals surface area contributed by atoms with Crippen LogP contribution in [0.2, 0.25) is 10.0 Å². The summed E-state index contributed by atoms with van der Waals surface area (Å²) in [5.74, 6) is -3.70. The van der Waals surface area contributed by atoms with E-state index in [-0.39, 0.29) is 28.4 Å². The fourth-order valence-corrected chi connectivity index (χ4v) is 3.88. The molecule has 29 heavy (non-hydrogen) atoms. The zero-order valence-electron chi connectivity index (χ0n) is 15.4. The van der Waals surface area contributed by atoms with E-state index in [2.05, 4.69) is 0 Å². The Morgan fingerprint density at radius 1 is 1.10 bits per heavy atom. The average molecular weight is 438 g/mol. The highest BCUT2D eigenvalue weighted by Gasteiger charge is 2.26. The summed E-state index contributed by atoms with van der Waals surface area (Å²) >= 11 is 12.2. The van der Waals surface area contributed by atoms with Crippen LogP contribution >= 0.6 is 23.2 Å². The van der Waals surface area contributed by atoms with Gasteiger partial charge in [0.05, 0.1) is 16.3 Å². The third-order valence-corrected chi connectivity index (χ3v) is 5.20. The van der Waals surface area contributed by atoms with E-state index in [0.29, 0.717) is 16.3 Å². The number of aromatic nitrogens is 1. The molecule has 1 N–H and O–H groups in total. The number of pyridine rings is 1. The number of hydrogen-bond donors (Lipinski definition) is 1. The molecule has 0 aliphatic heterocycles. The molecule has 0 radical (unpaired) electrons. The molecule has 0 saturated carbocycles. The molecule has 1 aromatic heterocycles. The predicted octanol–water partition coefficient (Wildman–Crippen LogP) is 5.79. The van der Waals surface area contributed by atoms with Gasteiger partial charge in [0.2, 0.25) is 5.43 Å². The van der Waals surface area contributed by atoms with E-state index in [1.165, 1.54) is 18.2 Å². The summed E-state index contributed by atoms with van der Waals surface area (Å²) in [5, 5.41) is 10.3. The number of hydrogen-bond acceptors (Lipinski definition) is 2. The number of benzene rings is 2.